The van der Waals surface area contributed by atoms with Crippen molar-refractivity contribution in [2.75, 3.05) is 16.8 Å². The quantitative estimate of drug-likeness (QED) is 0.685. The average Bonchev–Trinajstić information content (AvgIpc) is 2.97. The van der Waals surface area contributed by atoms with E-state index in [-0.39, 0.29) is 23.9 Å². The first-order valence-electron chi connectivity index (χ1n) is 7.87. The van der Waals surface area contributed by atoms with Crippen molar-refractivity contribution in [3.8, 4) is 0 Å². The number of nitro benzene ring substituents is 1. The Hall–Kier alpha value is -3.22. The number of carbonyl (C=O) groups is 2. The maximum Gasteiger partial charge on any atom is 0.269 e. The van der Waals surface area contributed by atoms with E-state index < -0.39 is 10.8 Å². The van der Waals surface area contributed by atoms with Gasteiger partial charge in [-0.15, -0.1) is 0 Å². The second-order valence-corrected chi connectivity index (χ2v) is 5.99. The Morgan fingerprint density at radius 1 is 1.20 bits per heavy atom. The largest absolute Gasteiger partial charge is 0.326 e. The van der Waals surface area contributed by atoms with Gasteiger partial charge in [0.15, 0.2) is 0 Å². The van der Waals surface area contributed by atoms with Gasteiger partial charge in [0, 0.05) is 36.5 Å². The number of rotatable bonds is 4. The topological polar surface area (TPSA) is 92.6 Å². The van der Waals surface area contributed by atoms with Gasteiger partial charge in [-0.25, -0.2) is 0 Å². The van der Waals surface area contributed by atoms with Gasteiger partial charge in [0.1, 0.15) is 0 Å². The van der Waals surface area contributed by atoms with Crippen LogP contribution in [0.4, 0.5) is 17.1 Å². The summed E-state index contributed by atoms with van der Waals surface area (Å²) in [5.41, 5.74) is 2.22. The van der Waals surface area contributed by atoms with Gasteiger partial charge in [0.25, 0.3) is 5.69 Å². The average molecular weight is 339 g/mol. The molecule has 128 valence electrons. The number of non-ortho nitro benzene ring substituents is 1. The Bertz CT molecular complexity index is 832. The van der Waals surface area contributed by atoms with E-state index in [1.807, 2.05) is 31.2 Å². The Morgan fingerprint density at radius 3 is 2.52 bits per heavy atom. The Labute approximate surface area is 144 Å². The molecule has 1 aliphatic rings. The van der Waals surface area contributed by atoms with Gasteiger partial charge in [0.2, 0.25) is 11.8 Å². The third kappa shape index (κ3) is 3.50. The van der Waals surface area contributed by atoms with E-state index in [1.165, 1.54) is 24.3 Å². The Morgan fingerprint density at radius 2 is 1.88 bits per heavy atom. The molecule has 1 atom stereocenters. The van der Waals surface area contributed by atoms with Crippen molar-refractivity contribution in [1.82, 2.24) is 0 Å². The SMILES string of the molecule is Cc1ccccc1N1C[C@@H](C(=O)Nc2ccc([N+](=O)[O-])cc2)CC1=O. The van der Waals surface area contributed by atoms with Gasteiger partial charge in [0.05, 0.1) is 10.8 Å². The molecule has 0 radical (unpaired) electrons. The van der Waals surface area contributed by atoms with Crippen LogP contribution >= 0.6 is 0 Å². The number of anilines is 2. The number of aryl methyl sites for hydroxylation is 1. The van der Waals surface area contributed by atoms with E-state index in [2.05, 4.69) is 5.32 Å². The summed E-state index contributed by atoms with van der Waals surface area (Å²) in [6.07, 6.45) is 0.146. The minimum atomic E-state index is -0.499. The lowest BCUT2D eigenvalue weighted by Gasteiger charge is -2.19. The van der Waals surface area contributed by atoms with Crippen molar-refractivity contribution in [3.63, 3.8) is 0 Å². The van der Waals surface area contributed by atoms with Crippen LogP contribution in [0.15, 0.2) is 48.5 Å². The molecule has 25 heavy (non-hydrogen) atoms. The highest BCUT2D eigenvalue weighted by Crippen LogP contribution is 2.28. The summed E-state index contributed by atoms with van der Waals surface area (Å²) in [5.74, 6) is -0.807. The van der Waals surface area contributed by atoms with Crippen LogP contribution < -0.4 is 10.2 Å². The third-order valence-corrected chi connectivity index (χ3v) is 4.25. The standard InChI is InChI=1S/C18H17N3O4/c1-12-4-2-3-5-16(12)20-11-13(10-17(20)22)18(23)19-14-6-8-15(9-7-14)21(24)25/h2-9,13H,10-11H2,1H3,(H,19,23)/t13-/m0/s1. The summed E-state index contributed by atoms with van der Waals surface area (Å²) < 4.78 is 0. The number of carbonyl (C=O) groups excluding carboxylic acids is 2. The molecule has 0 saturated carbocycles. The fraction of sp³-hybridized carbons (Fsp3) is 0.222. The smallest absolute Gasteiger partial charge is 0.269 e. The molecule has 0 spiro atoms. The predicted octanol–water partition coefficient (Wildman–Crippen LogP) is 2.89. The van der Waals surface area contributed by atoms with Crippen LogP contribution in [0.2, 0.25) is 0 Å². The van der Waals surface area contributed by atoms with E-state index in [9.17, 15) is 19.7 Å². The molecule has 3 rings (SSSR count). The van der Waals surface area contributed by atoms with Crippen LogP contribution in [0.25, 0.3) is 0 Å². The zero-order valence-electron chi connectivity index (χ0n) is 13.6. The highest BCUT2D eigenvalue weighted by molar-refractivity contribution is 6.03. The van der Waals surface area contributed by atoms with Gasteiger partial charge in [-0.05, 0) is 30.7 Å². The highest BCUT2D eigenvalue weighted by atomic mass is 16.6. The van der Waals surface area contributed by atoms with E-state index in [0.29, 0.717) is 12.2 Å². The number of nitrogens with zero attached hydrogens (tertiary/aromatic N) is 2. The predicted molar refractivity (Wildman–Crippen MR) is 93.4 cm³/mol. The number of para-hydroxylation sites is 1. The van der Waals surface area contributed by atoms with E-state index in [0.717, 1.165) is 11.3 Å². The third-order valence-electron chi connectivity index (χ3n) is 4.25. The normalized spacial score (nSPS) is 16.8. The lowest BCUT2D eigenvalue weighted by Crippen LogP contribution is -2.28. The molecule has 1 fully saturated rings. The molecule has 1 heterocycles. The molecule has 1 saturated heterocycles. The molecule has 0 aliphatic carbocycles. The summed E-state index contributed by atoms with van der Waals surface area (Å²) in [6.45, 7) is 2.25. The van der Waals surface area contributed by atoms with Gasteiger partial charge in [-0.2, -0.15) is 0 Å². The summed E-state index contributed by atoms with van der Waals surface area (Å²) in [7, 11) is 0. The molecular formula is C18H17N3O4. The Balaban J connectivity index is 1.68. The number of amides is 2. The zero-order valence-corrected chi connectivity index (χ0v) is 13.6. The molecular weight excluding hydrogens is 322 g/mol. The zero-order chi connectivity index (χ0) is 18.0. The number of hydrogen-bond acceptors (Lipinski definition) is 4. The fourth-order valence-electron chi connectivity index (χ4n) is 2.89. The molecule has 0 bridgehead atoms. The van der Waals surface area contributed by atoms with Gasteiger partial charge >= 0.3 is 0 Å². The monoisotopic (exact) mass is 339 g/mol. The van der Waals surface area contributed by atoms with Crippen LogP contribution in [0.1, 0.15) is 12.0 Å². The molecule has 2 aromatic carbocycles. The molecule has 0 aromatic heterocycles. The minimum absolute atomic E-state index is 0.0419. The van der Waals surface area contributed by atoms with E-state index in [4.69, 9.17) is 0 Å². The molecule has 1 aliphatic heterocycles. The summed E-state index contributed by atoms with van der Waals surface area (Å²) in [4.78, 5) is 36.5. The van der Waals surface area contributed by atoms with E-state index in [1.54, 1.807) is 4.90 Å². The minimum Gasteiger partial charge on any atom is -0.326 e. The number of nitrogens with one attached hydrogen (secondary N) is 1. The molecule has 7 heteroatoms. The summed E-state index contributed by atoms with van der Waals surface area (Å²) >= 11 is 0. The van der Waals surface area contributed by atoms with Crippen molar-refractivity contribution in [3.05, 3.63) is 64.2 Å². The molecule has 0 unspecified atom stereocenters. The lowest BCUT2D eigenvalue weighted by molar-refractivity contribution is -0.384. The summed E-state index contributed by atoms with van der Waals surface area (Å²) in [5, 5.41) is 13.4. The van der Waals surface area contributed by atoms with Crippen LogP contribution in [0, 0.1) is 23.0 Å². The maximum absolute atomic E-state index is 12.4. The van der Waals surface area contributed by atoms with Gasteiger partial charge < -0.3 is 10.2 Å². The second-order valence-electron chi connectivity index (χ2n) is 5.99. The highest BCUT2D eigenvalue weighted by Gasteiger charge is 2.35. The summed E-state index contributed by atoms with van der Waals surface area (Å²) in [6, 6.07) is 13.2. The van der Waals surface area contributed by atoms with Gasteiger partial charge in [-0.3, -0.25) is 19.7 Å². The van der Waals surface area contributed by atoms with Crippen molar-refractivity contribution in [1.29, 1.82) is 0 Å². The first-order chi connectivity index (χ1) is 12.0. The van der Waals surface area contributed by atoms with Crippen LogP contribution in [0.5, 0.6) is 0 Å². The lowest BCUT2D eigenvalue weighted by atomic mass is 10.1. The Kier molecular flexibility index (Phi) is 4.47. The van der Waals surface area contributed by atoms with Crippen LogP contribution in [-0.2, 0) is 9.59 Å². The van der Waals surface area contributed by atoms with Crippen molar-refractivity contribution >= 4 is 28.9 Å². The number of hydrogen-bond donors (Lipinski definition) is 1. The first-order valence-corrected chi connectivity index (χ1v) is 7.87. The van der Waals surface area contributed by atoms with Crippen molar-refractivity contribution in [2.45, 2.75) is 13.3 Å². The number of benzene rings is 2. The van der Waals surface area contributed by atoms with Crippen molar-refractivity contribution < 1.29 is 14.5 Å². The molecule has 2 amide bonds. The van der Waals surface area contributed by atoms with E-state index >= 15 is 0 Å². The fourth-order valence-corrected chi connectivity index (χ4v) is 2.89. The first kappa shape index (κ1) is 16.6. The maximum atomic E-state index is 12.4. The molecule has 1 N–H and O–H groups in total. The van der Waals surface area contributed by atoms with Crippen LogP contribution in [-0.4, -0.2) is 23.3 Å². The van der Waals surface area contributed by atoms with Gasteiger partial charge in [-0.1, -0.05) is 18.2 Å². The molecule has 7 nitrogen and oxygen atoms in total. The van der Waals surface area contributed by atoms with Crippen LogP contribution in [0.3, 0.4) is 0 Å². The molecule has 2 aromatic rings. The van der Waals surface area contributed by atoms with Crippen molar-refractivity contribution in [2.24, 2.45) is 5.92 Å². The number of nitro groups is 1. The second kappa shape index (κ2) is 6.72.